The molecule has 0 N–H and O–H groups in total. The van der Waals surface area contributed by atoms with Crippen LogP contribution in [0.3, 0.4) is 0 Å². The van der Waals surface area contributed by atoms with Crippen molar-refractivity contribution in [3.8, 4) is 5.75 Å². The van der Waals surface area contributed by atoms with Crippen molar-refractivity contribution >= 4 is 0 Å². The van der Waals surface area contributed by atoms with Crippen LogP contribution in [0.5, 0.6) is 5.75 Å². The van der Waals surface area contributed by atoms with E-state index in [2.05, 4.69) is 18.7 Å². The molecule has 0 spiro atoms. The van der Waals surface area contributed by atoms with Gasteiger partial charge in [0.25, 0.3) is 0 Å². The Hall–Kier alpha value is -1.13. The molecule has 0 bridgehead atoms. The number of hydrogen-bond donors (Lipinski definition) is 0. The van der Waals surface area contributed by atoms with Gasteiger partial charge in [-0.15, -0.1) is 0 Å². The van der Waals surface area contributed by atoms with Gasteiger partial charge in [0, 0.05) is 26.2 Å². The fraction of sp³-hybridized carbons (Fsp3) is 0.647. The molecular formula is C17H24FNO2. The van der Waals surface area contributed by atoms with Crippen LogP contribution in [-0.2, 0) is 4.74 Å². The van der Waals surface area contributed by atoms with Gasteiger partial charge in [-0.2, -0.15) is 0 Å². The fourth-order valence-corrected chi connectivity index (χ4v) is 3.35. The predicted molar refractivity (Wildman–Crippen MR) is 80.0 cm³/mol. The van der Waals surface area contributed by atoms with Crippen LogP contribution in [0.15, 0.2) is 24.3 Å². The normalized spacial score (nSPS) is 26.3. The maximum absolute atomic E-state index is 13.5. The van der Waals surface area contributed by atoms with E-state index < -0.39 is 0 Å². The minimum atomic E-state index is -0.276. The standard InChI is InChI=1S/C17H24FNO2/c1-17(2)9-13(7-8-20-17)10-19-11-14(12-19)21-16-6-4-3-5-15(16)18/h3-6,13-14H,7-12H2,1-2H3/t13-/m0/s1. The van der Waals surface area contributed by atoms with E-state index in [9.17, 15) is 4.39 Å². The molecule has 0 unspecified atom stereocenters. The summed E-state index contributed by atoms with van der Waals surface area (Å²) in [6, 6.07) is 6.62. The topological polar surface area (TPSA) is 21.7 Å². The lowest BCUT2D eigenvalue weighted by atomic mass is 9.87. The van der Waals surface area contributed by atoms with Gasteiger partial charge < -0.3 is 9.47 Å². The molecule has 21 heavy (non-hydrogen) atoms. The lowest BCUT2D eigenvalue weighted by Crippen LogP contribution is -2.55. The van der Waals surface area contributed by atoms with Gasteiger partial charge in [-0.3, -0.25) is 4.90 Å². The Balaban J connectivity index is 1.43. The highest BCUT2D eigenvalue weighted by Gasteiger charge is 2.34. The zero-order chi connectivity index (χ0) is 14.9. The summed E-state index contributed by atoms with van der Waals surface area (Å²) in [5.74, 6) is 0.791. The second-order valence-electron chi connectivity index (χ2n) is 6.86. The van der Waals surface area contributed by atoms with E-state index in [1.807, 2.05) is 0 Å². The van der Waals surface area contributed by atoms with Crippen molar-refractivity contribution in [2.45, 2.75) is 38.4 Å². The molecule has 2 saturated heterocycles. The van der Waals surface area contributed by atoms with Crippen LogP contribution in [0.25, 0.3) is 0 Å². The molecule has 0 saturated carbocycles. The molecule has 1 atom stereocenters. The van der Waals surface area contributed by atoms with Gasteiger partial charge in [0.05, 0.1) is 5.60 Å². The summed E-state index contributed by atoms with van der Waals surface area (Å²) in [6.07, 6.45) is 2.37. The second kappa shape index (κ2) is 5.93. The molecule has 1 aromatic rings. The SMILES string of the molecule is CC1(C)C[C@@H](CN2CC(Oc3ccccc3F)C2)CCO1. The van der Waals surface area contributed by atoms with Crippen molar-refractivity contribution < 1.29 is 13.9 Å². The molecule has 0 aromatic heterocycles. The highest BCUT2D eigenvalue weighted by molar-refractivity contribution is 5.24. The van der Waals surface area contributed by atoms with Crippen LogP contribution < -0.4 is 4.74 Å². The first-order chi connectivity index (χ1) is 10.0. The Morgan fingerprint density at radius 2 is 2.10 bits per heavy atom. The molecule has 2 aliphatic heterocycles. The molecule has 3 rings (SSSR count). The number of ether oxygens (including phenoxy) is 2. The molecule has 116 valence electrons. The van der Waals surface area contributed by atoms with Crippen molar-refractivity contribution in [2.24, 2.45) is 5.92 Å². The number of hydrogen-bond acceptors (Lipinski definition) is 3. The summed E-state index contributed by atoms with van der Waals surface area (Å²) in [7, 11) is 0. The second-order valence-corrected chi connectivity index (χ2v) is 6.86. The van der Waals surface area contributed by atoms with Gasteiger partial charge in [0.2, 0.25) is 0 Å². The van der Waals surface area contributed by atoms with Crippen LogP contribution in [0.1, 0.15) is 26.7 Å². The number of nitrogens with zero attached hydrogens (tertiary/aromatic N) is 1. The molecule has 0 aliphatic carbocycles. The molecular weight excluding hydrogens is 269 g/mol. The van der Waals surface area contributed by atoms with Crippen molar-refractivity contribution in [3.05, 3.63) is 30.1 Å². The van der Waals surface area contributed by atoms with E-state index in [1.165, 1.54) is 6.07 Å². The number of halogens is 1. The first-order valence-corrected chi connectivity index (χ1v) is 7.79. The van der Waals surface area contributed by atoms with E-state index in [0.29, 0.717) is 11.7 Å². The third kappa shape index (κ3) is 3.74. The molecule has 2 heterocycles. The minimum Gasteiger partial charge on any atom is -0.485 e. The van der Waals surface area contributed by atoms with E-state index in [0.717, 1.165) is 39.1 Å². The third-order valence-corrected chi connectivity index (χ3v) is 4.37. The van der Waals surface area contributed by atoms with E-state index >= 15 is 0 Å². The first-order valence-electron chi connectivity index (χ1n) is 7.79. The molecule has 0 radical (unpaired) electrons. The van der Waals surface area contributed by atoms with Gasteiger partial charge in [0.1, 0.15) is 6.10 Å². The first kappa shape index (κ1) is 14.8. The summed E-state index contributed by atoms with van der Waals surface area (Å²) < 4.78 is 25.0. The Labute approximate surface area is 126 Å². The van der Waals surface area contributed by atoms with Crippen LogP contribution in [-0.4, -0.2) is 42.8 Å². The monoisotopic (exact) mass is 293 g/mol. The van der Waals surface area contributed by atoms with Gasteiger partial charge in [0.15, 0.2) is 11.6 Å². The van der Waals surface area contributed by atoms with Gasteiger partial charge in [-0.05, 0) is 44.7 Å². The molecule has 0 amide bonds. The lowest BCUT2D eigenvalue weighted by molar-refractivity contribution is -0.0851. The molecule has 3 nitrogen and oxygen atoms in total. The number of rotatable bonds is 4. The van der Waals surface area contributed by atoms with Crippen molar-refractivity contribution in [1.82, 2.24) is 4.90 Å². The Morgan fingerprint density at radius 3 is 2.81 bits per heavy atom. The number of benzene rings is 1. The lowest BCUT2D eigenvalue weighted by Gasteiger charge is -2.43. The van der Waals surface area contributed by atoms with Crippen LogP contribution in [0.4, 0.5) is 4.39 Å². The van der Waals surface area contributed by atoms with E-state index in [-0.39, 0.29) is 17.5 Å². The molecule has 2 aliphatic rings. The maximum Gasteiger partial charge on any atom is 0.165 e. The van der Waals surface area contributed by atoms with E-state index in [4.69, 9.17) is 9.47 Å². The third-order valence-electron chi connectivity index (χ3n) is 4.37. The van der Waals surface area contributed by atoms with Crippen molar-refractivity contribution in [1.29, 1.82) is 0 Å². The summed E-state index contributed by atoms with van der Waals surface area (Å²) in [5.41, 5.74) is 0.0108. The molecule has 2 fully saturated rings. The van der Waals surface area contributed by atoms with Gasteiger partial charge >= 0.3 is 0 Å². The quantitative estimate of drug-likeness (QED) is 0.851. The van der Waals surface area contributed by atoms with Gasteiger partial charge in [-0.1, -0.05) is 12.1 Å². The van der Waals surface area contributed by atoms with Gasteiger partial charge in [-0.25, -0.2) is 4.39 Å². The van der Waals surface area contributed by atoms with Crippen molar-refractivity contribution in [3.63, 3.8) is 0 Å². The summed E-state index contributed by atoms with van der Waals surface area (Å²) in [4.78, 5) is 2.40. The Kier molecular flexibility index (Phi) is 4.18. The molecule has 1 aromatic carbocycles. The number of para-hydroxylation sites is 1. The van der Waals surface area contributed by atoms with E-state index in [1.54, 1.807) is 18.2 Å². The van der Waals surface area contributed by atoms with Crippen molar-refractivity contribution in [2.75, 3.05) is 26.2 Å². The van der Waals surface area contributed by atoms with Crippen LogP contribution in [0.2, 0.25) is 0 Å². The minimum absolute atomic E-state index is 0.0108. The summed E-state index contributed by atoms with van der Waals surface area (Å²) in [5, 5.41) is 0. The maximum atomic E-state index is 13.5. The number of likely N-dealkylation sites (tertiary alicyclic amines) is 1. The zero-order valence-corrected chi connectivity index (χ0v) is 12.8. The zero-order valence-electron chi connectivity index (χ0n) is 12.8. The Bertz CT molecular complexity index is 485. The predicted octanol–water partition coefficient (Wildman–Crippen LogP) is 3.09. The average molecular weight is 293 g/mol. The average Bonchev–Trinajstić information content (AvgIpc) is 2.37. The smallest absolute Gasteiger partial charge is 0.165 e. The summed E-state index contributed by atoms with van der Waals surface area (Å²) in [6.45, 7) is 8.08. The molecule has 4 heteroatoms. The highest BCUT2D eigenvalue weighted by atomic mass is 19.1. The Morgan fingerprint density at radius 1 is 1.33 bits per heavy atom. The summed E-state index contributed by atoms with van der Waals surface area (Å²) >= 11 is 0. The van der Waals surface area contributed by atoms with Crippen LogP contribution in [0, 0.1) is 11.7 Å². The van der Waals surface area contributed by atoms with Crippen LogP contribution >= 0.6 is 0 Å². The highest BCUT2D eigenvalue weighted by Crippen LogP contribution is 2.30. The largest absolute Gasteiger partial charge is 0.485 e. The fourth-order valence-electron chi connectivity index (χ4n) is 3.35.